The highest BCUT2D eigenvalue weighted by molar-refractivity contribution is 6.30. The van der Waals surface area contributed by atoms with Gasteiger partial charge in [-0.25, -0.2) is 0 Å². The molecule has 126 valence electrons. The van der Waals surface area contributed by atoms with E-state index in [0.717, 1.165) is 31.2 Å². The van der Waals surface area contributed by atoms with Crippen LogP contribution in [0.3, 0.4) is 0 Å². The summed E-state index contributed by atoms with van der Waals surface area (Å²) in [6.45, 7) is 5.75. The molecule has 0 aromatic heterocycles. The van der Waals surface area contributed by atoms with E-state index >= 15 is 0 Å². The lowest BCUT2D eigenvalue weighted by atomic mass is 9.78. The van der Waals surface area contributed by atoms with Crippen LogP contribution in [0.2, 0.25) is 5.02 Å². The predicted molar refractivity (Wildman–Crippen MR) is 92.5 cm³/mol. The van der Waals surface area contributed by atoms with E-state index in [1.807, 2.05) is 45.0 Å². The fourth-order valence-electron chi connectivity index (χ4n) is 3.19. The number of amides is 2. The Hall–Kier alpha value is -1.55. The second-order valence-corrected chi connectivity index (χ2v) is 7.71. The molecule has 2 N–H and O–H groups in total. The Bertz CT molecular complexity index is 570. The first-order chi connectivity index (χ1) is 10.7. The highest BCUT2D eigenvalue weighted by atomic mass is 35.5. The summed E-state index contributed by atoms with van der Waals surface area (Å²) >= 11 is 5.95. The van der Waals surface area contributed by atoms with Gasteiger partial charge in [-0.05, 0) is 51.3 Å². The maximum Gasteiger partial charge on any atom is 0.239 e. The van der Waals surface area contributed by atoms with E-state index < -0.39 is 5.41 Å². The predicted octanol–water partition coefficient (Wildman–Crippen LogP) is 3.18. The van der Waals surface area contributed by atoms with E-state index in [-0.39, 0.29) is 23.9 Å². The van der Waals surface area contributed by atoms with Gasteiger partial charge < -0.3 is 10.6 Å². The largest absolute Gasteiger partial charge is 0.350 e. The molecule has 0 heterocycles. The van der Waals surface area contributed by atoms with Gasteiger partial charge in [-0.2, -0.15) is 0 Å². The minimum Gasteiger partial charge on any atom is -0.350 e. The summed E-state index contributed by atoms with van der Waals surface area (Å²) < 4.78 is 0. The summed E-state index contributed by atoms with van der Waals surface area (Å²) in [4.78, 5) is 24.7. The Balaban J connectivity index is 2.07. The lowest BCUT2D eigenvalue weighted by Gasteiger charge is -2.29. The highest BCUT2D eigenvalue weighted by Gasteiger charge is 2.42. The van der Waals surface area contributed by atoms with Gasteiger partial charge in [-0.15, -0.1) is 0 Å². The van der Waals surface area contributed by atoms with Crippen molar-refractivity contribution >= 4 is 23.4 Å². The van der Waals surface area contributed by atoms with Crippen LogP contribution in [0, 0.1) is 0 Å². The molecule has 0 saturated heterocycles. The molecule has 1 aromatic rings. The molecule has 0 spiro atoms. The number of halogens is 1. The molecule has 0 atom stereocenters. The number of carbonyl (C=O) groups excluding carboxylic acids is 2. The van der Waals surface area contributed by atoms with Gasteiger partial charge >= 0.3 is 0 Å². The van der Waals surface area contributed by atoms with Crippen LogP contribution in [0.1, 0.15) is 52.0 Å². The van der Waals surface area contributed by atoms with Crippen LogP contribution < -0.4 is 10.6 Å². The summed E-state index contributed by atoms with van der Waals surface area (Å²) in [6.07, 6.45) is 3.65. The Kier molecular flexibility index (Phi) is 5.35. The van der Waals surface area contributed by atoms with Crippen molar-refractivity contribution in [1.29, 1.82) is 0 Å². The van der Waals surface area contributed by atoms with Crippen molar-refractivity contribution in [2.24, 2.45) is 0 Å². The zero-order valence-corrected chi connectivity index (χ0v) is 14.8. The van der Waals surface area contributed by atoms with E-state index in [0.29, 0.717) is 5.02 Å². The lowest BCUT2D eigenvalue weighted by Crippen LogP contribution is -2.49. The fraction of sp³-hybridized carbons (Fsp3) is 0.556. The third-order valence-corrected chi connectivity index (χ3v) is 4.46. The minimum atomic E-state index is -0.535. The van der Waals surface area contributed by atoms with Gasteiger partial charge in [-0.1, -0.05) is 36.6 Å². The average molecular weight is 337 g/mol. The summed E-state index contributed by atoms with van der Waals surface area (Å²) in [5, 5.41) is 6.33. The normalized spacial score (nSPS) is 16.9. The molecule has 0 radical (unpaired) electrons. The van der Waals surface area contributed by atoms with Crippen LogP contribution in [0.25, 0.3) is 0 Å². The quantitative estimate of drug-likeness (QED) is 0.887. The SMILES string of the molecule is CC(C)(C)NC(=O)CNC(=O)C1(c2ccc(Cl)cc2)CCCC1. The van der Waals surface area contributed by atoms with Crippen LogP contribution in [0.5, 0.6) is 0 Å². The Morgan fingerprint density at radius 2 is 1.70 bits per heavy atom. The van der Waals surface area contributed by atoms with Gasteiger partial charge in [0.15, 0.2) is 0 Å². The van der Waals surface area contributed by atoms with Crippen molar-refractivity contribution in [3.63, 3.8) is 0 Å². The molecule has 1 aromatic carbocycles. The molecule has 1 aliphatic carbocycles. The molecular formula is C18H25ClN2O2. The third kappa shape index (κ3) is 4.47. The van der Waals surface area contributed by atoms with Gasteiger partial charge in [0, 0.05) is 10.6 Å². The molecule has 1 saturated carbocycles. The zero-order chi connectivity index (χ0) is 17.1. The van der Waals surface area contributed by atoms with Gasteiger partial charge in [-0.3, -0.25) is 9.59 Å². The van der Waals surface area contributed by atoms with Crippen LogP contribution in [-0.4, -0.2) is 23.9 Å². The van der Waals surface area contributed by atoms with Crippen LogP contribution >= 0.6 is 11.6 Å². The summed E-state index contributed by atoms with van der Waals surface area (Å²) in [5.41, 5.74) is 0.142. The molecule has 0 aliphatic heterocycles. The number of benzene rings is 1. The molecule has 5 heteroatoms. The van der Waals surface area contributed by atoms with Gasteiger partial charge in [0.05, 0.1) is 12.0 Å². The smallest absolute Gasteiger partial charge is 0.239 e. The maximum atomic E-state index is 12.8. The van der Waals surface area contributed by atoms with Crippen molar-refractivity contribution in [1.82, 2.24) is 10.6 Å². The number of nitrogens with one attached hydrogen (secondary N) is 2. The molecule has 4 nitrogen and oxygen atoms in total. The molecule has 0 bridgehead atoms. The van der Waals surface area contributed by atoms with E-state index in [1.165, 1.54) is 0 Å². The van der Waals surface area contributed by atoms with Crippen molar-refractivity contribution in [3.8, 4) is 0 Å². The molecule has 2 amide bonds. The van der Waals surface area contributed by atoms with Crippen LogP contribution in [0.4, 0.5) is 0 Å². The average Bonchev–Trinajstić information content (AvgIpc) is 2.94. The number of carbonyl (C=O) groups is 2. The molecular weight excluding hydrogens is 312 g/mol. The van der Waals surface area contributed by atoms with Crippen molar-refractivity contribution in [3.05, 3.63) is 34.9 Å². The molecule has 1 aliphatic rings. The lowest BCUT2D eigenvalue weighted by molar-refractivity contribution is -0.130. The Morgan fingerprint density at radius 1 is 1.13 bits per heavy atom. The minimum absolute atomic E-state index is 0.00540. The first kappa shape index (κ1) is 17.8. The number of hydrogen-bond acceptors (Lipinski definition) is 2. The summed E-state index contributed by atoms with van der Waals surface area (Å²) in [5.74, 6) is -0.239. The maximum absolute atomic E-state index is 12.8. The topological polar surface area (TPSA) is 58.2 Å². The molecule has 2 rings (SSSR count). The van der Waals surface area contributed by atoms with Crippen LogP contribution in [-0.2, 0) is 15.0 Å². The fourth-order valence-corrected chi connectivity index (χ4v) is 3.31. The number of hydrogen-bond donors (Lipinski definition) is 2. The first-order valence-corrected chi connectivity index (χ1v) is 8.46. The number of rotatable bonds is 4. The van der Waals surface area contributed by atoms with E-state index in [1.54, 1.807) is 0 Å². The standard InChI is InChI=1S/C18H25ClN2O2/c1-17(2,3)21-15(22)12-20-16(23)18(10-4-5-11-18)13-6-8-14(19)9-7-13/h6-9H,4-5,10-12H2,1-3H3,(H,20,23)(H,21,22). The highest BCUT2D eigenvalue weighted by Crippen LogP contribution is 2.41. The Morgan fingerprint density at radius 3 is 2.22 bits per heavy atom. The first-order valence-electron chi connectivity index (χ1n) is 8.08. The van der Waals surface area contributed by atoms with E-state index in [4.69, 9.17) is 11.6 Å². The second kappa shape index (κ2) is 6.91. The molecule has 23 heavy (non-hydrogen) atoms. The summed E-state index contributed by atoms with van der Waals surface area (Å²) in [7, 11) is 0. The molecule has 1 fully saturated rings. The van der Waals surface area contributed by atoms with Crippen molar-refractivity contribution in [2.75, 3.05) is 6.54 Å². The van der Waals surface area contributed by atoms with Crippen molar-refractivity contribution < 1.29 is 9.59 Å². The summed E-state index contributed by atoms with van der Waals surface area (Å²) in [6, 6.07) is 7.47. The third-order valence-electron chi connectivity index (χ3n) is 4.21. The zero-order valence-electron chi connectivity index (χ0n) is 14.0. The van der Waals surface area contributed by atoms with Gasteiger partial charge in [0.1, 0.15) is 0 Å². The van der Waals surface area contributed by atoms with Crippen LogP contribution in [0.15, 0.2) is 24.3 Å². The second-order valence-electron chi connectivity index (χ2n) is 7.28. The van der Waals surface area contributed by atoms with Gasteiger partial charge in [0.25, 0.3) is 0 Å². The monoisotopic (exact) mass is 336 g/mol. The van der Waals surface area contributed by atoms with Gasteiger partial charge in [0.2, 0.25) is 11.8 Å². The Labute approximate surface area is 143 Å². The molecule has 0 unspecified atom stereocenters. The van der Waals surface area contributed by atoms with E-state index in [2.05, 4.69) is 10.6 Å². The van der Waals surface area contributed by atoms with Crippen molar-refractivity contribution in [2.45, 2.75) is 57.4 Å². The van der Waals surface area contributed by atoms with E-state index in [9.17, 15) is 9.59 Å².